The van der Waals surface area contributed by atoms with Gasteiger partial charge in [-0.3, -0.25) is 9.59 Å². The van der Waals surface area contributed by atoms with E-state index in [9.17, 15) is 55.0 Å². The summed E-state index contributed by atoms with van der Waals surface area (Å²) in [5.41, 5.74) is -2.91. The minimum atomic E-state index is -5.12. The SMILES string of the molecule is COC(=O)NC(C(=O)O)c1ccc(F)c(-c2ccc(OC)c(C(=O)N[C@@H]3C4CCC(/C4=C/C(F)(F)F)[C@@H]3C(=O)Nc3ccc(F)c(C(F)(F)F)c3)c2)c1. The summed E-state index contributed by atoms with van der Waals surface area (Å²) >= 11 is 0. The maximum absolute atomic E-state index is 15.2. The molecular weight excluding hydrogens is 726 g/mol. The minimum absolute atomic E-state index is 0.00850. The molecular formula is C35H29F8N3O7. The number of hydrogen-bond donors (Lipinski definition) is 4. The standard InChI is InChI=1S/C35H29F8N3O7/c1-52-26-10-4-15(20-12-16(3-8-24(20)36)28(32(49)50)46-33(51)53-2)11-21(26)30(47)45-29-19-7-6-18(22(19)14-34(38,39)40)27(29)31(48)44-17-5-9-25(37)23(13-17)35(41,42)43/h3-5,8-14,18-19,27-29H,6-7H2,1-2H3,(H,44,48)(H,45,47)(H,46,51)(H,49,50)/b22-14-/t18?,19?,27-,28?,29+/m0/s1. The van der Waals surface area contributed by atoms with E-state index < -0.39 is 89.0 Å². The molecule has 0 saturated heterocycles. The Kier molecular flexibility index (Phi) is 10.7. The van der Waals surface area contributed by atoms with E-state index in [0.717, 1.165) is 37.4 Å². The smallest absolute Gasteiger partial charge is 0.419 e. The molecule has 0 aliphatic heterocycles. The van der Waals surface area contributed by atoms with E-state index in [1.807, 2.05) is 0 Å². The quantitative estimate of drug-likeness (QED) is 0.136. The molecule has 0 spiro atoms. The highest BCUT2D eigenvalue weighted by Crippen LogP contribution is 2.54. The topological polar surface area (TPSA) is 143 Å². The van der Waals surface area contributed by atoms with Crippen LogP contribution in [0, 0.1) is 29.4 Å². The number of alkyl halides is 6. The number of ether oxygens (including phenoxy) is 2. The van der Waals surface area contributed by atoms with Crippen LogP contribution in [-0.2, 0) is 20.5 Å². The normalized spacial score (nSPS) is 20.8. The number of amides is 3. The monoisotopic (exact) mass is 755 g/mol. The molecule has 53 heavy (non-hydrogen) atoms. The molecule has 10 nitrogen and oxygen atoms in total. The number of methoxy groups -OCH3 is 2. The maximum Gasteiger partial charge on any atom is 0.419 e. The molecule has 3 unspecified atom stereocenters. The predicted molar refractivity (Wildman–Crippen MR) is 169 cm³/mol. The number of benzene rings is 3. The number of allylic oxidation sites excluding steroid dienone is 1. The number of alkyl carbamates (subject to hydrolysis) is 1. The molecule has 5 atom stereocenters. The van der Waals surface area contributed by atoms with Crippen LogP contribution >= 0.6 is 0 Å². The third-order valence-electron chi connectivity index (χ3n) is 9.14. The third kappa shape index (κ3) is 8.20. The third-order valence-corrected chi connectivity index (χ3v) is 9.14. The van der Waals surface area contributed by atoms with Crippen LogP contribution in [0.3, 0.4) is 0 Å². The summed E-state index contributed by atoms with van der Waals surface area (Å²) in [6.07, 6.45) is -10.8. The Morgan fingerprint density at radius 1 is 0.887 bits per heavy atom. The number of carbonyl (C=O) groups is 4. The van der Waals surface area contributed by atoms with Gasteiger partial charge in [-0.25, -0.2) is 18.4 Å². The van der Waals surface area contributed by atoms with E-state index in [0.29, 0.717) is 12.1 Å². The van der Waals surface area contributed by atoms with Gasteiger partial charge in [-0.1, -0.05) is 17.7 Å². The summed E-state index contributed by atoms with van der Waals surface area (Å²) in [4.78, 5) is 51.1. The fourth-order valence-electron chi connectivity index (χ4n) is 6.92. The van der Waals surface area contributed by atoms with Crippen molar-refractivity contribution in [3.63, 3.8) is 0 Å². The molecule has 282 valence electrons. The van der Waals surface area contributed by atoms with Gasteiger partial charge in [-0.15, -0.1) is 0 Å². The lowest BCUT2D eigenvalue weighted by molar-refractivity contribution is -0.140. The van der Waals surface area contributed by atoms with E-state index >= 15 is 4.39 Å². The summed E-state index contributed by atoms with van der Waals surface area (Å²) in [6, 6.07) is 5.58. The zero-order valence-electron chi connectivity index (χ0n) is 27.5. The first-order chi connectivity index (χ1) is 24.8. The van der Waals surface area contributed by atoms with Crippen molar-refractivity contribution < 1.29 is 68.9 Å². The zero-order chi connectivity index (χ0) is 39.0. The second-order valence-corrected chi connectivity index (χ2v) is 12.2. The Morgan fingerprint density at radius 2 is 1.57 bits per heavy atom. The molecule has 18 heteroatoms. The lowest BCUT2D eigenvalue weighted by Gasteiger charge is -2.30. The van der Waals surface area contributed by atoms with Crippen LogP contribution < -0.4 is 20.7 Å². The van der Waals surface area contributed by atoms with Crippen LogP contribution in [0.15, 0.2) is 66.2 Å². The first-order valence-electron chi connectivity index (χ1n) is 15.7. The van der Waals surface area contributed by atoms with Gasteiger partial charge in [0.2, 0.25) is 5.91 Å². The number of aliphatic carboxylic acids is 1. The van der Waals surface area contributed by atoms with Crippen molar-refractivity contribution in [2.75, 3.05) is 19.5 Å². The molecule has 2 aliphatic rings. The average Bonchev–Trinajstić information content (AvgIpc) is 3.59. The van der Waals surface area contributed by atoms with E-state index in [2.05, 4.69) is 20.7 Å². The van der Waals surface area contributed by atoms with Gasteiger partial charge >= 0.3 is 24.4 Å². The molecule has 2 aliphatic carbocycles. The van der Waals surface area contributed by atoms with Crippen molar-refractivity contribution in [2.24, 2.45) is 17.8 Å². The van der Waals surface area contributed by atoms with Crippen LogP contribution in [0.25, 0.3) is 11.1 Å². The lowest BCUT2D eigenvalue weighted by atomic mass is 9.83. The van der Waals surface area contributed by atoms with Gasteiger partial charge < -0.3 is 30.5 Å². The Balaban J connectivity index is 1.50. The van der Waals surface area contributed by atoms with E-state index in [1.165, 1.54) is 19.2 Å². The number of nitrogens with one attached hydrogen (secondary N) is 3. The van der Waals surface area contributed by atoms with Crippen molar-refractivity contribution in [1.29, 1.82) is 0 Å². The van der Waals surface area contributed by atoms with Crippen LogP contribution in [0.4, 0.5) is 45.6 Å². The summed E-state index contributed by atoms with van der Waals surface area (Å²) in [6.45, 7) is 0. The van der Waals surface area contributed by atoms with Gasteiger partial charge in [0.15, 0.2) is 6.04 Å². The van der Waals surface area contributed by atoms with Crippen molar-refractivity contribution in [1.82, 2.24) is 10.6 Å². The Hall–Kier alpha value is -5.68. The van der Waals surface area contributed by atoms with E-state index in [4.69, 9.17) is 4.74 Å². The van der Waals surface area contributed by atoms with Gasteiger partial charge in [0.05, 0.1) is 31.3 Å². The summed E-state index contributed by atoms with van der Waals surface area (Å²) in [7, 11) is 2.20. The van der Waals surface area contributed by atoms with Crippen LogP contribution in [0.1, 0.15) is 40.4 Å². The summed E-state index contributed by atoms with van der Waals surface area (Å²) in [5, 5.41) is 16.6. The number of fused-ring (bicyclic) bond motifs is 2. The molecule has 0 aromatic heterocycles. The number of carboxylic acid groups (broad SMARTS) is 1. The Morgan fingerprint density at radius 3 is 2.19 bits per heavy atom. The van der Waals surface area contributed by atoms with E-state index in [-0.39, 0.29) is 52.5 Å². The van der Waals surface area contributed by atoms with Crippen LogP contribution in [0.2, 0.25) is 0 Å². The van der Waals surface area contributed by atoms with Gasteiger partial charge in [-0.2, -0.15) is 26.3 Å². The first kappa shape index (κ1) is 38.5. The van der Waals surface area contributed by atoms with Crippen molar-refractivity contribution in [3.05, 3.63) is 94.6 Å². The van der Waals surface area contributed by atoms with Gasteiger partial charge in [0, 0.05) is 29.3 Å². The highest BCUT2D eigenvalue weighted by molar-refractivity contribution is 6.00. The molecule has 4 N–H and O–H groups in total. The summed E-state index contributed by atoms with van der Waals surface area (Å²) < 4.78 is 120. The largest absolute Gasteiger partial charge is 0.496 e. The molecule has 2 fully saturated rings. The van der Waals surface area contributed by atoms with Crippen LogP contribution in [0.5, 0.6) is 5.75 Å². The fraction of sp³-hybridized carbons (Fsp3) is 0.314. The van der Waals surface area contributed by atoms with Gasteiger partial charge in [-0.05, 0) is 72.4 Å². The Bertz CT molecular complexity index is 1980. The molecule has 2 saturated carbocycles. The first-order valence-corrected chi connectivity index (χ1v) is 15.7. The highest BCUT2D eigenvalue weighted by atomic mass is 19.4. The van der Waals surface area contributed by atoms with Crippen molar-refractivity contribution in [3.8, 4) is 16.9 Å². The molecule has 0 heterocycles. The molecule has 5 rings (SSSR count). The lowest BCUT2D eigenvalue weighted by Crippen LogP contribution is -2.48. The molecule has 2 bridgehead atoms. The minimum Gasteiger partial charge on any atom is -0.496 e. The van der Waals surface area contributed by atoms with Gasteiger partial charge in [0.25, 0.3) is 5.91 Å². The second kappa shape index (κ2) is 14.7. The fourth-order valence-corrected chi connectivity index (χ4v) is 6.92. The number of anilines is 1. The number of halogens is 8. The number of carboxylic acids is 1. The maximum atomic E-state index is 15.2. The number of carbonyl (C=O) groups excluding carboxylic acids is 3. The summed E-state index contributed by atoms with van der Waals surface area (Å²) in [5.74, 6) is -9.57. The van der Waals surface area contributed by atoms with Crippen LogP contribution in [-0.4, -0.2) is 55.4 Å². The van der Waals surface area contributed by atoms with Crippen molar-refractivity contribution >= 4 is 29.6 Å². The average molecular weight is 756 g/mol. The number of hydrogen-bond acceptors (Lipinski definition) is 6. The van der Waals surface area contributed by atoms with E-state index in [1.54, 1.807) is 0 Å². The molecule has 3 amide bonds. The van der Waals surface area contributed by atoms with Gasteiger partial charge in [0.1, 0.15) is 17.4 Å². The Labute approximate surface area is 295 Å². The zero-order valence-corrected chi connectivity index (χ0v) is 27.5. The molecule has 3 aromatic rings. The van der Waals surface area contributed by atoms with Crippen molar-refractivity contribution in [2.45, 2.75) is 37.3 Å². The molecule has 3 aromatic carbocycles. The molecule has 0 radical (unpaired) electrons. The predicted octanol–water partition coefficient (Wildman–Crippen LogP) is 7.02. The highest BCUT2D eigenvalue weighted by Gasteiger charge is 2.56. The number of rotatable bonds is 9. The second-order valence-electron chi connectivity index (χ2n) is 12.2.